The van der Waals surface area contributed by atoms with E-state index in [-0.39, 0.29) is 12.6 Å². The fraction of sp³-hybridized carbons (Fsp3) is 0.417. The highest BCUT2D eigenvalue weighted by atomic mass is 35.5. The molecule has 0 amide bonds. The van der Waals surface area contributed by atoms with Crippen LogP contribution in [0.3, 0.4) is 0 Å². The van der Waals surface area contributed by atoms with Crippen molar-refractivity contribution in [2.24, 2.45) is 0 Å². The van der Waals surface area contributed by atoms with Gasteiger partial charge >= 0.3 is 0 Å². The van der Waals surface area contributed by atoms with E-state index >= 15 is 0 Å². The first-order valence-electron chi connectivity index (χ1n) is 5.65. The first-order chi connectivity index (χ1) is 8.51. The highest BCUT2D eigenvalue weighted by Gasteiger charge is 2.12. The summed E-state index contributed by atoms with van der Waals surface area (Å²) in [5, 5.41) is 10.2. The van der Waals surface area contributed by atoms with Crippen molar-refractivity contribution in [3.63, 3.8) is 0 Å². The maximum atomic E-state index is 9.10. The molecule has 2 rings (SSSR count). The summed E-state index contributed by atoms with van der Waals surface area (Å²) in [5.74, 6) is 0. The van der Waals surface area contributed by atoms with Gasteiger partial charge < -0.3 is 9.51 Å². The van der Waals surface area contributed by atoms with Crippen molar-refractivity contribution in [2.45, 2.75) is 19.5 Å². The molecule has 98 valence electrons. The number of hydrogen-bond donors (Lipinski definition) is 1. The monoisotopic (exact) mass is 287 g/mol. The van der Waals surface area contributed by atoms with E-state index in [4.69, 9.17) is 28.3 Å². The van der Waals surface area contributed by atoms with Crippen LogP contribution >= 0.6 is 23.2 Å². The topological polar surface area (TPSA) is 40.8 Å². The van der Waals surface area contributed by atoms with Crippen molar-refractivity contribution in [3.05, 3.63) is 34.2 Å². The van der Waals surface area contributed by atoms with Crippen LogP contribution in [-0.2, 0) is 6.54 Å². The fourth-order valence-corrected chi connectivity index (χ4v) is 2.23. The number of imidazole rings is 1. The molecule has 2 heterocycles. The van der Waals surface area contributed by atoms with E-state index in [9.17, 15) is 0 Å². The van der Waals surface area contributed by atoms with Gasteiger partial charge in [0.05, 0.1) is 22.3 Å². The molecule has 2 aromatic rings. The van der Waals surface area contributed by atoms with Crippen molar-refractivity contribution < 1.29 is 5.11 Å². The van der Waals surface area contributed by atoms with Gasteiger partial charge in [0, 0.05) is 25.0 Å². The Bertz CT molecular complexity index is 555. The van der Waals surface area contributed by atoms with Crippen molar-refractivity contribution in [2.75, 3.05) is 13.7 Å². The minimum absolute atomic E-state index is 0.0915. The molecule has 1 atom stereocenters. The Hall–Kier alpha value is -0.810. The molecule has 0 spiro atoms. The summed E-state index contributed by atoms with van der Waals surface area (Å²) in [6.45, 7) is 2.73. The largest absolute Gasteiger partial charge is 0.395 e. The molecule has 0 aliphatic carbocycles. The zero-order chi connectivity index (χ0) is 13.3. The summed E-state index contributed by atoms with van der Waals surface area (Å²) in [5.41, 5.74) is 1.59. The van der Waals surface area contributed by atoms with Crippen molar-refractivity contribution in [1.29, 1.82) is 0 Å². The molecule has 0 bridgehead atoms. The lowest BCUT2D eigenvalue weighted by Crippen LogP contribution is -2.31. The molecule has 1 unspecified atom stereocenters. The molecule has 0 aliphatic rings. The van der Waals surface area contributed by atoms with Crippen LogP contribution in [0.5, 0.6) is 0 Å². The third-order valence-electron chi connectivity index (χ3n) is 2.95. The van der Waals surface area contributed by atoms with Gasteiger partial charge in [0.2, 0.25) is 0 Å². The van der Waals surface area contributed by atoms with Gasteiger partial charge in [-0.25, -0.2) is 4.98 Å². The van der Waals surface area contributed by atoms with E-state index < -0.39 is 0 Å². The van der Waals surface area contributed by atoms with Crippen molar-refractivity contribution >= 4 is 28.8 Å². The number of nitrogens with zero attached hydrogens (tertiary/aromatic N) is 3. The molecule has 18 heavy (non-hydrogen) atoms. The van der Waals surface area contributed by atoms with Crippen LogP contribution < -0.4 is 0 Å². The first kappa shape index (κ1) is 13.6. The van der Waals surface area contributed by atoms with Crippen molar-refractivity contribution in [1.82, 2.24) is 14.3 Å². The van der Waals surface area contributed by atoms with Crippen molar-refractivity contribution in [3.8, 4) is 0 Å². The summed E-state index contributed by atoms with van der Waals surface area (Å²) in [6.07, 6.45) is 3.67. The van der Waals surface area contributed by atoms with Gasteiger partial charge in [-0.2, -0.15) is 0 Å². The maximum Gasteiger partial charge on any atom is 0.156 e. The van der Waals surface area contributed by atoms with Crippen LogP contribution in [0.4, 0.5) is 0 Å². The number of aliphatic hydroxyl groups is 1. The standard InChI is InChI=1S/C12H15Cl2N3O/c1-8(7-18)16(2)5-10-6-17-4-9(13)3-11(14)12(17)15-10/h3-4,6,8,18H,5,7H2,1-2H3. The molecular weight excluding hydrogens is 273 g/mol. The van der Waals surface area contributed by atoms with Gasteiger partial charge in [-0.1, -0.05) is 23.2 Å². The normalized spacial score (nSPS) is 13.4. The van der Waals surface area contributed by atoms with Gasteiger partial charge in [0.15, 0.2) is 5.65 Å². The molecule has 4 nitrogen and oxygen atoms in total. The van der Waals surface area contributed by atoms with E-state index in [1.807, 2.05) is 29.5 Å². The van der Waals surface area contributed by atoms with Gasteiger partial charge in [0.25, 0.3) is 0 Å². The first-order valence-corrected chi connectivity index (χ1v) is 6.40. The minimum atomic E-state index is 0.0915. The molecule has 0 saturated heterocycles. The lowest BCUT2D eigenvalue weighted by molar-refractivity contribution is 0.153. The molecule has 0 aromatic carbocycles. The van der Waals surface area contributed by atoms with Crippen LogP contribution in [0.15, 0.2) is 18.5 Å². The highest BCUT2D eigenvalue weighted by Crippen LogP contribution is 2.22. The Kier molecular flexibility index (Phi) is 4.12. The number of aromatic nitrogens is 2. The Labute approximate surface area is 116 Å². The molecule has 0 saturated carbocycles. The van der Waals surface area contributed by atoms with Gasteiger partial charge in [-0.05, 0) is 20.0 Å². The van der Waals surface area contributed by atoms with Crippen LogP contribution in [0.1, 0.15) is 12.6 Å². The van der Waals surface area contributed by atoms with Crippen LogP contribution in [0.2, 0.25) is 10.0 Å². The summed E-state index contributed by atoms with van der Waals surface area (Å²) in [4.78, 5) is 6.48. The fourth-order valence-electron chi connectivity index (χ4n) is 1.70. The molecule has 6 heteroatoms. The number of rotatable bonds is 4. The number of pyridine rings is 1. The van der Waals surface area contributed by atoms with Crippen LogP contribution in [0.25, 0.3) is 5.65 Å². The summed E-state index contributed by atoms with van der Waals surface area (Å²) < 4.78 is 1.82. The Balaban J connectivity index is 2.28. The molecular formula is C12H15Cl2N3O. The second-order valence-electron chi connectivity index (χ2n) is 4.42. The molecule has 0 fully saturated rings. The predicted octanol–water partition coefficient (Wildman–Crippen LogP) is 2.45. The highest BCUT2D eigenvalue weighted by molar-refractivity contribution is 6.36. The number of likely N-dealkylation sites (N-methyl/N-ethyl adjacent to an activating group) is 1. The number of aliphatic hydroxyl groups excluding tert-OH is 1. The summed E-state index contributed by atoms with van der Waals surface area (Å²) in [7, 11) is 1.94. The van der Waals surface area contributed by atoms with E-state index in [2.05, 4.69) is 4.98 Å². The molecule has 1 N–H and O–H groups in total. The molecule has 0 radical (unpaired) electrons. The number of fused-ring (bicyclic) bond motifs is 1. The third kappa shape index (κ3) is 2.78. The van der Waals surface area contributed by atoms with Gasteiger partial charge in [0.1, 0.15) is 0 Å². The average Bonchev–Trinajstić information content (AvgIpc) is 2.70. The second kappa shape index (κ2) is 5.45. The molecule has 0 aliphatic heterocycles. The summed E-state index contributed by atoms with van der Waals surface area (Å²) in [6, 6.07) is 1.77. The minimum Gasteiger partial charge on any atom is -0.395 e. The van der Waals surface area contributed by atoms with E-state index in [1.165, 1.54) is 0 Å². The Morgan fingerprint density at radius 1 is 1.44 bits per heavy atom. The maximum absolute atomic E-state index is 9.10. The zero-order valence-electron chi connectivity index (χ0n) is 10.3. The number of halogens is 2. The Morgan fingerprint density at radius 3 is 2.83 bits per heavy atom. The van der Waals surface area contributed by atoms with Crippen LogP contribution in [-0.4, -0.2) is 39.1 Å². The SMILES string of the molecule is CC(CO)N(C)Cc1cn2cc(Cl)cc(Cl)c2n1. The smallest absolute Gasteiger partial charge is 0.156 e. The number of hydrogen-bond acceptors (Lipinski definition) is 3. The van der Waals surface area contributed by atoms with Crippen LogP contribution in [0, 0.1) is 0 Å². The average molecular weight is 288 g/mol. The second-order valence-corrected chi connectivity index (χ2v) is 5.26. The van der Waals surface area contributed by atoms with E-state index in [1.54, 1.807) is 12.3 Å². The van der Waals surface area contributed by atoms with Gasteiger partial charge in [-0.15, -0.1) is 0 Å². The predicted molar refractivity (Wildman–Crippen MR) is 73.2 cm³/mol. The lowest BCUT2D eigenvalue weighted by atomic mass is 10.3. The molecule has 2 aromatic heterocycles. The van der Waals surface area contributed by atoms with E-state index in [0.717, 1.165) is 5.69 Å². The third-order valence-corrected chi connectivity index (χ3v) is 3.44. The van der Waals surface area contributed by atoms with Gasteiger partial charge in [-0.3, -0.25) is 4.90 Å². The Morgan fingerprint density at radius 2 is 2.17 bits per heavy atom. The lowest BCUT2D eigenvalue weighted by Gasteiger charge is -2.21. The summed E-state index contributed by atoms with van der Waals surface area (Å²) >= 11 is 12.0. The van der Waals surface area contributed by atoms with E-state index in [0.29, 0.717) is 22.2 Å². The zero-order valence-corrected chi connectivity index (χ0v) is 11.8. The quantitative estimate of drug-likeness (QED) is 0.939.